The maximum Gasteiger partial charge on any atom is 0.0410 e. The monoisotopic (exact) mass is 298 g/mol. The second-order valence-electron chi connectivity index (χ2n) is 5.29. The van der Waals surface area contributed by atoms with E-state index in [2.05, 4.69) is 60.0 Å². The average Bonchev–Trinajstić information content (AvgIpc) is 2.23. The van der Waals surface area contributed by atoms with Gasteiger partial charge >= 0.3 is 0 Å². The largest absolute Gasteiger partial charge is 0.312 e. The molecule has 1 rings (SSSR count). The van der Waals surface area contributed by atoms with E-state index < -0.39 is 0 Å². The summed E-state index contributed by atoms with van der Waals surface area (Å²) < 4.78 is 1.04. The molecule has 0 saturated heterocycles. The molecule has 17 heavy (non-hydrogen) atoms. The Morgan fingerprint density at radius 2 is 1.82 bits per heavy atom. The van der Waals surface area contributed by atoms with Gasteiger partial charge in [0.15, 0.2) is 0 Å². The molecule has 0 fully saturated rings. The number of nitrogens with one attached hydrogen (secondary N) is 1. The molecule has 0 unspecified atom stereocenters. The Morgan fingerprint density at radius 1 is 1.18 bits per heavy atom. The van der Waals surface area contributed by atoms with E-state index in [1.54, 1.807) is 0 Å². The molecule has 1 aromatic heterocycles. The normalized spacial score (nSPS) is 11.8. The Bertz CT molecular complexity index is 329. The van der Waals surface area contributed by atoms with Crippen molar-refractivity contribution in [2.45, 2.75) is 34.2 Å². The van der Waals surface area contributed by atoms with E-state index in [9.17, 15) is 0 Å². The highest BCUT2D eigenvalue weighted by Gasteiger charge is 2.16. The SMILES string of the molecule is CC(C)C(CNCc1cncc(Br)c1)C(C)C. The van der Waals surface area contributed by atoms with Crippen molar-refractivity contribution in [1.29, 1.82) is 0 Å². The first-order valence-corrected chi connectivity index (χ1v) is 7.10. The van der Waals surface area contributed by atoms with Gasteiger partial charge in [-0.1, -0.05) is 27.7 Å². The quantitative estimate of drug-likeness (QED) is 0.862. The van der Waals surface area contributed by atoms with Crippen molar-refractivity contribution >= 4 is 15.9 Å². The first-order valence-electron chi connectivity index (χ1n) is 6.31. The van der Waals surface area contributed by atoms with Crippen molar-refractivity contribution in [3.05, 3.63) is 28.5 Å². The van der Waals surface area contributed by atoms with Crippen LogP contribution in [0.25, 0.3) is 0 Å². The number of halogens is 1. The zero-order valence-corrected chi connectivity index (χ0v) is 12.8. The molecule has 1 heterocycles. The smallest absolute Gasteiger partial charge is 0.0410 e. The Hall–Kier alpha value is -0.410. The van der Waals surface area contributed by atoms with Crippen LogP contribution in [-0.4, -0.2) is 11.5 Å². The standard InChI is InChI=1S/C14H23BrN2/c1-10(2)14(11(3)4)9-17-7-12-5-13(15)8-16-6-12/h5-6,8,10-11,14,17H,7,9H2,1-4H3. The third-order valence-electron chi connectivity index (χ3n) is 3.18. The summed E-state index contributed by atoms with van der Waals surface area (Å²) in [6.07, 6.45) is 3.73. The molecule has 0 aliphatic heterocycles. The van der Waals surface area contributed by atoms with Crippen LogP contribution in [0.5, 0.6) is 0 Å². The number of nitrogens with zero attached hydrogens (tertiary/aromatic N) is 1. The van der Waals surface area contributed by atoms with E-state index in [4.69, 9.17) is 0 Å². The summed E-state index contributed by atoms with van der Waals surface area (Å²) in [7, 11) is 0. The Balaban J connectivity index is 2.41. The highest BCUT2D eigenvalue weighted by atomic mass is 79.9. The van der Waals surface area contributed by atoms with Crippen LogP contribution < -0.4 is 5.32 Å². The number of aromatic nitrogens is 1. The van der Waals surface area contributed by atoms with E-state index in [1.165, 1.54) is 5.56 Å². The predicted molar refractivity (Wildman–Crippen MR) is 76.8 cm³/mol. The molecular formula is C14H23BrN2. The minimum atomic E-state index is 0.725. The first kappa shape index (κ1) is 14.7. The van der Waals surface area contributed by atoms with Gasteiger partial charge in [-0.15, -0.1) is 0 Å². The molecule has 1 aromatic rings. The van der Waals surface area contributed by atoms with Crippen molar-refractivity contribution in [2.75, 3.05) is 6.54 Å². The van der Waals surface area contributed by atoms with Crippen LogP contribution in [0.1, 0.15) is 33.3 Å². The third kappa shape index (κ3) is 5.17. The molecule has 0 aliphatic carbocycles. The van der Waals surface area contributed by atoms with Gasteiger partial charge in [-0.3, -0.25) is 4.98 Å². The average molecular weight is 299 g/mol. The van der Waals surface area contributed by atoms with E-state index in [-0.39, 0.29) is 0 Å². The molecule has 0 aromatic carbocycles. The Labute approximate surface area is 113 Å². The van der Waals surface area contributed by atoms with Crippen LogP contribution in [-0.2, 0) is 6.54 Å². The number of pyridine rings is 1. The Morgan fingerprint density at radius 3 is 2.35 bits per heavy atom. The Kier molecular flexibility index (Phi) is 6.14. The lowest BCUT2D eigenvalue weighted by Crippen LogP contribution is -2.29. The van der Waals surface area contributed by atoms with Gasteiger partial charge < -0.3 is 5.32 Å². The summed E-state index contributed by atoms with van der Waals surface area (Å²) in [5, 5.41) is 3.53. The van der Waals surface area contributed by atoms with Gasteiger partial charge in [-0.05, 0) is 51.9 Å². The molecule has 0 aliphatic rings. The van der Waals surface area contributed by atoms with Crippen molar-refractivity contribution in [1.82, 2.24) is 10.3 Å². The molecule has 96 valence electrons. The summed E-state index contributed by atoms with van der Waals surface area (Å²) in [5.74, 6) is 2.18. The number of hydrogen-bond acceptors (Lipinski definition) is 2. The van der Waals surface area contributed by atoms with Crippen molar-refractivity contribution in [3.63, 3.8) is 0 Å². The minimum Gasteiger partial charge on any atom is -0.312 e. The van der Waals surface area contributed by atoms with Gasteiger partial charge in [0, 0.05) is 23.4 Å². The fraction of sp³-hybridized carbons (Fsp3) is 0.643. The van der Waals surface area contributed by atoms with Crippen LogP contribution in [0, 0.1) is 17.8 Å². The number of rotatable bonds is 6. The molecule has 1 N–H and O–H groups in total. The maximum absolute atomic E-state index is 4.17. The summed E-state index contributed by atoms with van der Waals surface area (Å²) in [4.78, 5) is 4.17. The van der Waals surface area contributed by atoms with Crippen LogP contribution >= 0.6 is 15.9 Å². The second-order valence-corrected chi connectivity index (χ2v) is 6.21. The van der Waals surface area contributed by atoms with Crippen LogP contribution in [0.2, 0.25) is 0 Å². The van der Waals surface area contributed by atoms with Crippen LogP contribution in [0.3, 0.4) is 0 Å². The molecule has 0 atom stereocenters. The zero-order valence-electron chi connectivity index (χ0n) is 11.2. The van der Waals surface area contributed by atoms with Crippen molar-refractivity contribution < 1.29 is 0 Å². The van der Waals surface area contributed by atoms with Crippen molar-refractivity contribution in [3.8, 4) is 0 Å². The van der Waals surface area contributed by atoms with E-state index >= 15 is 0 Å². The zero-order chi connectivity index (χ0) is 12.8. The van der Waals surface area contributed by atoms with Gasteiger partial charge in [0.25, 0.3) is 0 Å². The van der Waals surface area contributed by atoms with E-state index in [0.717, 1.165) is 35.3 Å². The van der Waals surface area contributed by atoms with E-state index in [1.807, 2.05) is 12.4 Å². The summed E-state index contributed by atoms with van der Waals surface area (Å²) in [6, 6.07) is 2.11. The van der Waals surface area contributed by atoms with Gasteiger partial charge in [0.05, 0.1) is 0 Å². The minimum absolute atomic E-state index is 0.725. The highest BCUT2D eigenvalue weighted by molar-refractivity contribution is 9.10. The molecule has 2 nitrogen and oxygen atoms in total. The lowest BCUT2D eigenvalue weighted by molar-refractivity contribution is 0.275. The molecule has 0 bridgehead atoms. The van der Waals surface area contributed by atoms with Crippen LogP contribution in [0.15, 0.2) is 22.9 Å². The summed E-state index contributed by atoms with van der Waals surface area (Å²) >= 11 is 3.44. The molecule has 0 amide bonds. The lowest BCUT2D eigenvalue weighted by Gasteiger charge is -2.25. The predicted octanol–water partition coefficient (Wildman–Crippen LogP) is 3.86. The summed E-state index contributed by atoms with van der Waals surface area (Å²) in [5.41, 5.74) is 1.23. The fourth-order valence-corrected chi connectivity index (χ4v) is 2.59. The third-order valence-corrected chi connectivity index (χ3v) is 3.62. The van der Waals surface area contributed by atoms with Crippen LogP contribution in [0.4, 0.5) is 0 Å². The maximum atomic E-state index is 4.17. The first-order chi connectivity index (χ1) is 8.00. The van der Waals surface area contributed by atoms with Crippen molar-refractivity contribution in [2.24, 2.45) is 17.8 Å². The van der Waals surface area contributed by atoms with Gasteiger partial charge in [0.2, 0.25) is 0 Å². The highest BCUT2D eigenvalue weighted by Crippen LogP contribution is 2.19. The topological polar surface area (TPSA) is 24.9 Å². The molecule has 0 saturated carbocycles. The van der Waals surface area contributed by atoms with Gasteiger partial charge in [0.1, 0.15) is 0 Å². The molecule has 0 spiro atoms. The molecule has 0 radical (unpaired) electrons. The molecular weight excluding hydrogens is 276 g/mol. The van der Waals surface area contributed by atoms with Gasteiger partial charge in [-0.25, -0.2) is 0 Å². The molecule has 3 heteroatoms. The number of hydrogen-bond donors (Lipinski definition) is 1. The second kappa shape index (κ2) is 7.12. The summed E-state index contributed by atoms with van der Waals surface area (Å²) in [6.45, 7) is 11.2. The van der Waals surface area contributed by atoms with Gasteiger partial charge in [-0.2, -0.15) is 0 Å². The lowest BCUT2D eigenvalue weighted by atomic mass is 9.85. The fourth-order valence-electron chi connectivity index (χ4n) is 2.18. The van der Waals surface area contributed by atoms with E-state index in [0.29, 0.717) is 0 Å².